The van der Waals surface area contributed by atoms with E-state index in [1.807, 2.05) is 0 Å². The van der Waals surface area contributed by atoms with Gasteiger partial charge in [0.2, 0.25) is 17.6 Å². The Labute approximate surface area is 206 Å². The highest BCUT2D eigenvalue weighted by Gasteiger charge is 2.28. The maximum atomic E-state index is 13.5. The predicted molar refractivity (Wildman–Crippen MR) is 128 cm³/mol. The van der Waals surface area contributed by atoms with E-state index in [0.717, 1.165) is 6.07 Å². The number of carboxylic acid groups (broad SMARTS) is 1. The normalized spacial score (nSPS) is 15.3. The smallest absolute Gasteiger partial charge is 0.335 e. The summed E-state index contributed by atoms with van der Waals surface area (Å²) >= 11 is 5.60. The SMILES string of the molecule is COc1cc(C(N)=O)ccn1.O=C(O)c1ccc2c(c1)C(=O)/C(=C/c1ccc(Cl)c(F)c1)S(=O)N2. The minimum Gasteiger partial charge on any atom is -0.481 e. The molecule has 4 rings (SSSR count). The molecule has 1 atom stereocenters. The highest BCUT2D eigenvalue weighted by Crippen LogP contribution is 2.30. The fraction of sp³-hybridized carbons (Fsp3) is 0.0435. The number of primary amides is 1. The molecule has 1 aliphatic heterocycles. The number of nitrogens with one attached hydrogen (secondary N) is 1. The number of carboxylic acids is 1. The summed E-state index contributed by atoms with van der Waals surface area (Å²) in [5.41, 5.74) is 6.04. The van der Waals surface area contributed by atoms with E-state index in [1.165, 1.54) is 61.8 Å². The first-order valence-electron chi connectivity index (χ1n) is 9.67. The number of ether oxygens (including phenoxy) is 1. The zero-order valence-corrected chi connectivity index (χ0v) is 19.5. The molecule has 0 spiro atoms. The Morgan fingerprint density at radius 2 is 1.91 bits per heavy atom. The van der Waals surface area contributed by atoms with Crippen LogP contribution in [0.4, 0.5) is 10.1 Å². The van der Waals surface area contributed by atoms with Crippen molar-refractivity contribution < 1.29 is 32.8 Å². The Balaban J connectivity index is 0.000000261. The second-order valence-corrected chi connectivity index (χ2v) is 8.49. The minimum atomic E-state index is -1.84. The van der Waals surface area contributed by atoms with Gasteiger partial charge in [0.05, 0.1) is 23.4 Å². The maximum Gasteiger partial charge on any atom is 0.335 e. The summed E-state index contributed by atoms with van der Waals surface area (Å²) in [4.78, 5) is 37.9. The van der Waals surface area contributed by atoms with Gasteiger partial charge in [0.15, 0.2) is 11.0 Å². The van der Waals surface area contributed by atoms with Gasteiger partial charge in [-0.2, -0.15) is 0 Å². The number of nitrogens with two attached hydrogens (primary N) is 1. The Bertz CT molecular complexity index is 1400. The monoisotopic (exact) mass is 517 g/mol. The van der Waals surface area contributed by atoms with E-state index in [4.69, 9.17) is 27.2 Å². The number of ketones is 1. The first kappa shape index (κ1) is 25.5. The van der Waals surface area contributed by atoms with Gasteiger partial charge >= 0.3 is 5.97 Å². The van der Waals surface area contributed by atoms with E-state index >= 15 is 0 Å². The van der Waals surface area contributed by atoms with Crippen molar-refractivity contribution in [3.05, 3.63) is 92.7 Å². The van der Waals surface area contributed by atoms with Crippen LogP contribution in [0.25, 0.3) is 6.08 Å². The van der Waals surface area contributed by atoms with Gasteiger partial charge in [0, 0.05) is 23.4 Å². The van der Waals surface area contributed by atoms with E-state index in [1.54, 1.807) is 0 Å². The zero-order chi connectivity index (χ0) is 25.7. The number of amides is 1. The first-order valence-corrected chi connectivity index (χ1v) is 11.2. The van der Waals surface area contributed by atoms with Crippen LogP contribution in [-0.4, -0.2) is 39.1 Å². The van der Waals surface area contributed by atoms with Crippen molar-refractivity contribution in [3.63, 3.8) is 0 Å². The third-order valence-electron chi connectivity index (χ3n) is 4.61. The zero-order valence-electron chi connectivity index (χ0n) is 18.0. The summed E-state index contributed by atoms with van der Waals surface area (Å²) in [6.07, 6.45) is 2.75. The van der Waals surface area contributed by atoms with Gasteiger partial charge < -0.3 is 20.3 Å². The molecule has 3 aromatic rings. The number of hydrogen-bond acceptors (Lipinski definition) is 6. The molecule has 2 heterocycles. The van der Waals surface area contributed by atoms with Gasteiger partial charge in [-0.3, -0.25) is 9.59 Å². The summed E-state index contributed by atoms with van der Waals surface area (Å²) in [5.74, 6) is -2.52. The molecule has 2 aromatic carbocycles. The molecule has 0 bridgehead atoms. The number of carbonyl (C=O) groups is 3. The van der Waals surface area contributed by atoms with E-state index in [2.05, 4.69) is 9.71 Å². The Kier molecular flexibility index (Phi) is 7.94. The lowest BCUT2D eigenvalue weighted by Gasteiger charge is -2.19. The number of aromatic nitrogens is 1. The molecule has 0 radical (unpaired) electrons. The fourth-order valence-electron chi connectivity index (χ4n) is 2.87. The molecule has 9 nitrogen and oxygen atoms in total. The molecule has 1 unspecified atom stereocenters. The number of benzene rings is 2. The lowest BCUT2D eigenvalue weighted by molar-refractivity contribution is 0.0696. The number of rotatable bonds is 4. The molecular weight excluding hydrogens is 501 g/mol. The molecule has 12 heteroatoms. The number of pyridine rings is 1. The first-order chi connectivity index (χ1) is 16.6. The molecule has 0 aliphatic carbocycles. The van der Waals surface area contributed by atoms with Crippen molar-refractivity contribution in [3.8, 4) is 5.88 Å². The highest BCUT2D eigenvalue weighted by molar-refractivity contribution is 7.91. The van der Waals surface area contributed by atoms with Crippen molar-refractivity contribution in [1.82, 2.24) is 4.98 Å². The van der Waals surface area contributed by atoms with Gasteiger partial charge in [0.1, 0.15) is 10.7 Å². The van der Waals surface area contributed by atoms with E-state index in [9.17, 15) is 23.0 Å². The van der Waals surface area contributed by atoms with Crippen molar-refractivity contribution in [2.75, 3.05) is 11.8 Å². The van der Waals surface area contributed by atoms with Crippen LogP contribution in [0.5, 0.6) is 5.88 Å². The number of anilines is 1. The van der Waals surface area contributed by atoms with Crippen LogP contribution in [-0.2, 0) is 11.0 Å². The lowest BCUT2D eigenvalue weighted by Crippen LogP contribution is -2.23. The number of carbonyl (C=O) groups excluding carboxylic acids is 2. The third kappa shape index (κ3) is 6.08. The number of nitrogens with zero attached hydrogens (tertiary/aromatic N) is 1. The quantitative estimate of drug-likeness (QED) is 0.447. The van der Waals surface area contributed by atoms with Crippen LogP contribution in [0.15, 0.2) is 59.6 Å². The van der Waals surface area contributed by atoms with Crippen molar-refractivity contribution in [1.29, 1.82) is 0 Å². The number of aromatic carboxylic acids is 1. The Morgan fingerprint density at radius 3 is 2.54 bits per heavy atom. The summed E-state index contributed by atoms with van der Waals surface area (Å²) in [7, 11) is -0.361. The second-order valence-electron chi connectivity index (χ2n) is 6.90. The third-order valence-corrected chi connectivity index (χ3v) is 6.02. The van der Waals surface area contributed by atoms with Gasteiger partial charge in [0.25, 0.3) is 0 Å². The van der Waals surface area contributed by atoms with E-state index in [-0.39, 0.29) is 26.7 Å². The molecule has 1 aliphatic rings. The van der Waals surface area contributed by atoms with Crippen LogP contribution < -0.4 is 15.2 Å². The van der Waals surface area contributed by atoms with Crippen LogP contribution in [0.2, 0.25) is 5.02 Å². The van der Waals surface area contributed by atoms with E-state index in [0.29, 0.717) is 17.0 Å². The van der Waals surface area contributed by atoms with Crippen molar-refractivity contribution >= 4 is 52.0 Å². The topological polar surface area (TPSA) is 149 Å². The summed E-state index contributed by atoms with van der Waals surface area (Å²) < 4.78 is 33.1. The average Bonchev–Trinajstić information content (AvgIpc) is 2.84. The molecular formula is C23H17ClFN3O6S. The molecule has 1 aromatic heterocycles. The molecule has 0 fully saturated rings. The molecule has 180 valence electrons. The minimum absolute atomic E-state index is 0.0616. The fourth-order valence-corrected chi connectivity index (χ4v) is 4.00. The van der Waals surface area contributed by atoms with Crippen LogP contribution in [0.3, 0.4) is 0 Å². The average molecular weight is 518 g/mol. The van der Waals surface area contributed by atoms with E-state index < -0.39 is 34.5 Å². The molecule has 0 saturated heterocycles. The molecule has 0 saturated carbocycles. The summed E-state index contributed by atoms with van der Waals surface area (Å²) in [6.45, 7) is 0. The summed E-state index contributed by atoms with van der Waals surface area (Å²) in [5, 5.41) is 8.95. The molecule has 4 N–H and O–H groups in total. The Morgan fingerprint density at radius 1 is 1.17 bits per heavy atom. The van der Waals surface area contributed by atoms with Gasteiger partial charge in [-0.1, -0.05) is 17.7 Å². The molecule has 35 heavy (non-hydrogen) atoms. The van der Waals surface area contributed by atoms with Gasteiger partial charge in [-0.25, -0.2) is 18.4 Å². The highest BCUT2D eigenvalue weighted by atomic mass is 35.5. The number of halogens is 2. The van der Waals surface area contributed by atoms with Crippen LogP contribution in [0, 0.1) is 5.82 Å². The van der Waals surface area contributed by atoms with Gasteiger partial charge in [-0.15, -0.1) is 0 Å². The summed E-state index contributed by atoms with van der Waals surface area (Å²) in [6, 6.07) is 10.8. The number of Topliss-reactive ketones (excluding diaryl/α,β-unsaturated/α-hetero) is 1. The molecule has 1 amide bonds. The van der Waals surface area contributed by atoms with Crippen LogP contribution >= 0.6 is 11.6 Å². The van der Waals surface area contributed by atoms with Crippen molar-refractivity contribution in [2.24, 2.45) is 5.73 Å². The number of methoxy groups -OCH3 is 1. The number of fused-ring (bicyclic) bond motifs is 1. The van der Waals surface area contributed by atoms with Gasteiger partial charge in [-0.05, 0) is 48.0 Å². The van der Waals surface area contributed by atoms with Crippen molar-refractivity contribution in [2.45, 2.75) is 0 Å². The standard InChI is InChI=1S/C16H9ClFNO4S.C7H8N2O2/c17-11-3-1-8(5-12(11)18)6-14-15(20)10-7-9(16(21)22)2-4-13(10)19-24(14)23;1-11-6-4-5(7(8)10)2-3-9-6/h1-7,19H,(H,21,22);2-4H,1H3,(H2,8,10)/b14-6-;. The Hall–Kier alpha value is -4.09. The number of allylic oxidation sites excluding steroid dienone is 1. The maximum absolute atomic E-state index is 13.5. The lowest BCUT2D eigenvalue weighted by atomic mass is 10.0. The largest absolute Gasteiger partial charge is 0.481 e. The van der Waals surface area contributed by atoms with Crippen LogP contribution in [0.1, 0.15) is 36.6 Å². The second kappa shape index (κ2) is 10.9. The number of hydrogen-bond donors (Lipinski definition) is 3. The predicted octanol–water partition coefficient (Wildman–Crippen LogP) is 3.68.